The number of nitrogens with two attached hydrogens (primary N) is 1. The summed E-state index contributed by atoms with van der Waals surface area (Å²) in [4.78, 5) is 14.4. The van der Waals surface area contributed by atoms with Gasteiger partial charge in [0.25, 0.3) is 5.56 Å². The quantitative estimate of drug-likeness (QED) is 0.715. The third kappa shape index (κ3) is 3.37. The van der Waals surface area contributed by atoms with E-state index in [1.165, 1.54) is 0 Å². The van der Waals surface area contributed by atoms with Gasteiger partial charge in [-0.2, -0.15) is 10.5 Å². The van der Waals surface area contributed by atoms with Gasteiger partial charge >= 0.3 is 0 Å². The summed E-state index contributed by atoms with van der Waals surface area (Å²) in [6.07, 6.45) is -0.318. The van der Waals surface area contributed by atoms with Crippen LogP contribution in [0.1, 0.15) is 23.0 Å². The SMILES string of the molecule is N#Cc1c(N)[nH]c(=O)c(C#N)c1-c1ccc(-c2ccc(C3OCCO3)cc2)cc1. The second-order valence-corrected chi connectivity index (χ2v) is 6.49. The molecule has 29 heavy (non-hydrogen) atoms. The van der Waals surface area contributed by atoms with E-state index in [0.29, 0.717) is 18.8 Å². The second-order valence-electron chi connectivity index (χ2n) is 6.49. The van der Waals surface area contributed by atoms with Crippen molar-refractivity contribution in [3.63, 3.8) is 0 Å². The van der Waals surface area contributed by atoms with Crippen molar-refractivity contribution in [2.45, 2.75) is 6.29 Å². The molecule has 0 spiro atoms. The molecule has 0 unspecified atom stereocenters. The molecule has 142 valence electrons. The molecule has 0 atom stereocenters. The van der Waals surface area contributed by atoms with Crippen molar-refractivity contribution in [2.24, 2.45) is 0 Å². The van der Waals surface area contributed by atoms with E-state index in [9.17, 15) is 15.3 Å². The minimum atomic E-state index is -0.616. The molecule has 2 aromatic carbocycles. The number of aromatic nitrogens is 1. The molecule has 4 rings (SSSR count). The Hall–Kier alpha value is -3.91. The van der Waals surface area contributed by atoms with Crippen molar-refractivity contribution in [1.29, 1.82) is 10.5 Å². The zero-order valence-electron chi connectivity index (χ0n) is 15.3. The molecule has 7 nitrogen and oxygen atoms in total. The molecule has 0 bridgehead atoms. The summed E-state index contributed by atoms with van der Waals surface area (Å²) in [5.74, 6) is -0.0532. The standard InChI is InChI=1S/C22H16N4O3/c23-11-17-19(18(12-24)21(27)26-20(17)25)15-5-1-13(2-6-15)14-3-7-16(8-4-14)22-28-9-10-29-22/h1-8,22H,9-10H2,(H3,25,26,27). The van der Waals surface area contributed by atoms with Gasteiger partial charge in [0, 0.05) is 11.1 Å². The Kier molecular flexibility index (Phi) is 4.84. The monoisotopic (exact) mass is 384 g/mol. The van der Waals surface area contributed by atoms with Crippen molar-refractivity contribution in [3.8, 4) is 34.4 Å². The first-order chi connectivity index (χ1) is 14.1. The molecule has 2 heterocycles. The lowest BCUT2D eigenvalue weighted by atomic mass is 9.94. The van der Waals surface area contributed by atoms with E-state index in [-0.39, 0.29) is 28.8 Å². The van der Waals surface area contributed by atoms with Gasteiger partial charge in [0.05, 0.1) is 13.2 Å². The fraction of sp³-hybridized carbons (Fsp3) is 0.136. The number of nitriles is 2. The molecule has 7 heteroatoms. The molecule has 3 N–H and O–H groups in total. The smallest absolute Gasteiger partial charge is 0.268 e. The number of hydrogen-bond donors (Lipinski definition) is 2. The summed E-state index contributed by atoms with van der Waals surface area (Å²) in [6, 6.07) is 19.0. The molecule has 0 amide bonds. The van der Waals surface area contributed by atoms with E-state index in [1.807, 2.05) is 48.5 Å². The topological polar surface area (TPSA) is 125 Å². The van der Waals surface area contributed by atoms with Crippen molar-refractivity contribution in [1.82, 2.24) is 4.98 Å². The molecule has 0 saturated carbocycles. The number of benzene rings is 2. The fourth-order valence-electron chi connectivity index (χ4n) is 3.34. The lowest BCUT2D eigenvalue weighted by Crippen LogP contribution is -2.16. The average Bonchev–Trinajstić information content (AvgIpc) is 3.28. The van der Waals surface area contributed by atoms with Crippen LogP contribution in [0.15, 0.2) is 53.3 Å². The molecule has 3 aromatic rings. The van der Waals surface area contributed by atoms with Crippen molar-refractivity contribution in [3.05, 3.63) is 75.6 Å². The Morgan fingerprint density at radius 2 is 1.38 bits per heavy atom. The number of H-pyrrole nitrogens is 1. The molecule has 1 saturated heterocycles. The van der Waals surface area contributed by atoms with Crippen LogP contribution in [0, 0.1) is 22.7 Å². The molecule has 1 fully saturated rings. The molecule has 1 aromatic heterocycles. The van der Waals surface area contributed by atoms with E-state index in [1.54, 1.807) is 12.1 Å². The number of rotatable bonds is 3. The lowest BCUT2D eigenvalue weighted by Gasteiger charge is -2.11. The van der Waals surface area contributed by atoms with Crippen LogP contribution >= 0.6 is 0 Å². The maximum absolute atomic E-state index is 12.1. The first kappa shape index (κ1) is 18.5. The van der Waals surface area contributed by atoms with Crippen LogP contribution in [0.2, 0.25) is 0 Å². The Bertz CT molecular complexity index is 1190. The molecule has 1 aliphatic heterocycles. The highest BCUT2D eigenvalue weighted by Gasteiger charge is 2.19. The molecular weight excluding hydrogens is 368 g/mol. The zero-order chi connectivity index (χ0) is 20.4. The van der Waals surface area contributed by atoms with Gasteiger partial charge in [0.2, 0.25) is 0 Å². The van der Waals surface area contributed by atoms with Gasteiger partial charge in [-0.15, -0.1) is 0 Å². The number of anilines is 1. The molecule has 0 aliphatic carbocycles. The van der Waals surface area contributed by atoms with E-state index < -0.39 is 5.56 Å². The average molecular weight is 384 g/mol. The van der Waals surface area contributed by atoms with Crippen LogP contribution < -0.4 is 11.3 Å². The normalized spacial score (nSPS) is 13.7. The summed E-state index contributed by atoms with van der Waals surface area (Å²) in [5.41, 5.74) is 8.81. The number of pyridine rings is 1. The number of ether oxygens (including phenoxy) is 2. The number of nitrogens with zero attached hydrogens (tertiary/aromatic N) is 2. The van der Waals surface area contributed by atoms with Gasteiger partial charge in [0.1, 0.15) is 29.1 Å². The van der Waals surface area contributed by atoms with Crippen molar-refractivity contribution in [2.75, 3.05) is 18.9 Å². The van der Waals surface area contributed by atoms with Gasteiger partial charge in [-0.25, -0.2) is 0 Å². The van der Waals surface area contributed by atoms with Crippen LogP contribution in [0.3, 0.4) is 0 Å². The van der Waals surface area contributed by atoms with E-state index in [2.05, 4.69) is 4.98 Å². The van der Waals surface area contributed by atoms with Gasteiger partial charge in [-0.1, -0.05) is 48.5 Å². The van der Waals surface area contributed by atoms with Gasteiger partial charge < -0.3 is 20.2 Å². The molecular formula is C22H16N4O3. The Labute approximate surface area is 166 Å². The predicted octanol–water partition coefficient (Wildman–Crippen LogP) is 3.08. The highest BCUT2D eigenvalue weighted by molar-refractivity contribution is 5.81. The summed E-state index contributed by atoms with van der Waals surface area (Å²) in [5, 5.41) is 18.8. The summed E-state index contributed by atoms with van der Waals surface area (Å²) in [6.45, 7) is 1.19. The third-order valence-electron chi connectivity index (χ3n) is 4.78. The highest BCUT2D eigenvalue weighted by Crippen LogP contribution is 2.31. The largest absolute Gasteiger partial charge is 0.384 e. The second kappa shape index (κ2) is 7.61. The maximum atomic E-state index is 12.1. The highest BCUT2D eigenvalue weighted by atomic mass is 16.7. The van der Waals surface area contributed by atoms with Crippen LogP contribution in [0.5, 0.6) is 0 Å². The van der Waals surface area contributed by atoms with Crippen LogP contribution in [0.25, 0.3) is 22.3 Å². The third-order valence-corrected chi connectivity index (χ3v) is 4.78. The number of nitrogen functional groups attached to an aromatic ring is 1. The van der Waals surface area contributed by atoms with Crippen molar-refractivity contribution >= 4 is 5.82 Å². The van der Waals surface area contributed by atoms with E-state index >= 15 is 0 Å². The Morgan fingerprint density at radius 1 is 0.862 bits per heavy atom. The van der Waals surface area contributed by atoms with Crippen LogP contribution in [-0.4, -0.2) is 18.2 Å². The first-order valence-corrected chi connectivity index (χ1v) is 8.92. The van der Waals surface area contributed by atoms with Gasteiger partial charge in [-0.05, 0) is 16.7 Å². The van der Waals surface area contributed by atoms with Crippen LogP contribution in [-0.2, 0) is 9.47 Å². The fourth-order valence-corrected chi connectivity index (χ4v) is 3.34. The minimum Gasteiger partial charge on any atom is -0.384 e. The van der Waals surface area contributed by atoms with Crippen LogP contribution in [0.4, 0.5) is 5.82 Å². The first-order valence-electron chi connectivity index (χ1n) is 8.92. The summed E-state index contributed by atoms with van der Waals surface area (Å²) < 4.78 is 11.0. The summed E-state index contributed by atoms with van der Waals surface area (Å²) in [7, 11) is 0. The Morgan fingerprint density at radius 3 is 1.93 bits per heavy atom. The van der Waals surface area contributed by atoms with Gasteiger partial charge in [0.15, 0.2) is 6.29 Å². The number of aromatic amines is 1. The lowest BCUT2D eigenvalue weighted by molar-refractivity contribution is -0.0441. The van der Waals surface area contributed by atoms with Crippen molar-refractivity contribution < 1.29 is 9.47 Å². The van der Waals surface area contributed by atoms with Gasteiger partial charge in [-0.3, -0.25) is 4.79 Å². The maximum Gasteiger partial charge on any atom is 0.268 e. The molecule has 1 aliphatic rings. The van der Waals surface area contributed by atoms with E-state index in [4.69, 9.17) is 15.2 Å². The number of hydrogen-bond acceptors (Lipinski definition) is 6. The predicted molar refractivity (Wildman–Crippen MR) is 106 cm³/mol. The number of nitrogens with one attached hydrogen (secondary N) is 1. The molecule has 0 radical (unpaired) electrons. The van der Waals surface area contributed by atoms with E-state index in [0.717, 1.165) is 16.7 Å². The Balaban J connectivity index is 1.70. The minimum absolute atomic E-state index is 0.0532. The summed E-state index contributed by atoms with van der Waals surface area (Å²) >= 11 is 0. The zero-order valence-corrected chi connectivity index (χ0v) is 15.3.